The second-order valence-electron chi connectivity index (χ2n) is 4.24. The van der Waals surface area contributed by atoms with E-state index in [1.165, 1.54) is 12.1 Å². The lowest BCUT2D eigenvalue weighted by atomic mass is 10.2. The Balaban J connectivity index is 1.97. The van der Waals surface area contributed by atoms with Crippen molar-refractivity contribution in [3.8, 4) is 23.1 Å². The Hall–Kier alpha value is -2.83. The van der Waals surface area contributed by atoms with Crippen LogP contribution >= 0.6 is 0 Å². The van der Waals surface area contributed by atoms with Crippen LogP contribution in [0.25, 0.3) is 23.1 Å². The van der Waals surface area contributed by atoms with Crippen molar-refractivity contribution in [1.29, 1.82) is 0 Å². The van der Waals surface area contributed by atoms with Crippen molar-refractivity contribution in [2.75, 3.05) is 5.73 Å². The molecular weight excluding hydrogens is 261 g/mol. The van der Waals surface area contributed by atoms with Gasteiger partial charge >= 0.3 is 0 Å². The highest BCUT2D eigenvalue weighted by Crippen LogP contribution is 2.23. The fourth-order valence-electron chi connectivity index (χ4n) is 1.60. The minimum atomic E-state index is -0.533. The second kappa shape index (κ2) is 4.69. The molecule has 0 aliphatic rings. The van der Waals surface area contributed by atoms with Crippen molar-refractivity contribution in [2.24, 2.45) is 0 Å². The van der Waals surface area contributed by atoms with Crippen molar-refractivity contribution in [3.05, 3.63) is 42.0 Å². The Morgan fingerprint density at radius 1 is 1.15 bits per heavy atom. The molecule has 1 aromatic carbocycles. The normalized spacial score (nSPS) is 10.7. The zero-order valence-corrected chi connectivity index (χ0v) is 10.5. The first-order chi connectivity index (χ1) is 9.63. The number of aryl methyl sites for hydroxylation is 1. The molecule has 0 aliphatic heterocycles. The largest absolute Gasteiger partial charge is 0.396 e. The highest BCUT2D eigenvalue weighted by atomic mass is 19.1. The summed E-state index contributed by atoms with van der Waals surface area (Å²) >= 11 is 0. The molecule has 0 radical (unpaired) electrons. The number of halogens is 1. The van der Waals surface area contributed by atoms with Gasteiger partial charge in [-0.15, -0.1) is 0 Å². The van der Waals surface area contributed by atoms with Crippen molar-refractivity contribution < 1.29 is 8.91 Å². The van der Waals surface area contributed by atoms with E-state index in [1.54, 1.807) is 18.5 Å². The molecule has 2 heterocycles. The van der Waals surface area contributed by atoms with Gasteiger partial charge in [0.05, 0.1) is 5.69 Å². The molecule has 0 atom stereocenters. The van der Waals surface area contributed by atoms with E-state index < -0.39 is 5.82 Å². The monoisotopic (exact) mass is 271 g/mol. The predicted molar refractivity (Wildman–Crippen MR) is 69.9 cm³/mol. The lowest BCUT2D eigenvalue weighted by Gasteiger charge is -1.97. The predicted octanol–water partition coefficient (Wildman–Crippen LogP) is 2.22. The highest BCUT2D eigenvalue weighted by Gasteiger charge is 2.13. The van der Waals surface area contributed by atoms with Crippen LogP contribution in [0.1, 0.15) is 5.56 Å². The van der Waals surface area contributed by atoms with Crippen LogP contribution in [0.3, 0.4) is 0 Å². The number of nitrogen functional groups attached to an aromatic ring is 1. The minimum Gasteiger partial charge on any atom is -0.396 e. The number of aromatic nitrogens is 4. The molecule has 0 unspecified atom stereocenters. The van der Waals surface area contributed by atoms with E-state index in [9.17, 15) is 4.39 Å². The summed E-state index contributed by atoms with van der Waals surface area (Å²) in [5.74, 6) is 0.246. The third kappa shape index (κ3) is 2.20. The topological polar surface area (TPSA) is 90.7 Å². The first-order valence-corrected chi connectivity index (χ1v) is 5.81. The van der Waals surface area contributed by atoms with E-state index in [4.69, 9.17) is 10.3 Å². The summed E-state index contributed by atoms with van der Waals surface area (Å²) < 4.78 is 18.5. The first-order valence-electron chi connectivity index (χ1n) is 5.81. The maximum Gasteiger partial charge on any atom is 0.258 e. The Morgan fingerprint density at radius 2 is 1.90 bits per heavy atom. The van der Waals surface area contributed by atoms with Gasteiger partial charge in [0.1, 0.15) is 5.82 Å². The molecular formula is C13H10FN5O. The molecule has 0 aliphatic carbocycles. The van der Waals surface area contributed by atoms with Crippen LogP contribution in [0.4, 0.5) is 10.1 Å². The summed E-state index contributed by atoms with van der Waals surface area (Å²) in [5.41, 5.74) is 6.86. The summed E-state index contributed by atoms with van der Waals surface area (Å²) in [5, 5.41) is 3.78. The third-order valence-electron chi connectivity index (χ3n) is 2.65. The molecule has 100 valence electrons. The van der Waals surface area contributed by atoms with Gasteiger partial charge in [-0.1, -0.05) is 5.16 Å². The van der Waals surface area contributed by atoms with E-state index in [0.717, 1.165) is 5.56 Å². The van der Waals surface area contributed by atoms with E-state index >= 15 is 0 Å². The van der Waals surface area contributed by atoms with Gasteiger partial charge in [-0.25, -0.2) is 14.4 Å². The molecule has 3 aromatic rings. The quantitative estimate of drug-likeness (QED) is 0.719. The molecule has 2 N–H and O–H groups in total. The maximum absolute atomic E-state index is 13.4. The van der Waals surface area contributed by atoms with Gasteiger partial charge in [-0.05, 0) is 30.7 Å². The fraction of sp³-hybridized carbons (Fsp3) is 0.0769. The molecule has 0 saturated heterocycles. The molecule has 0 fully saturated rings. The van der Waals surface area contributed by atoms with Crippen LogP contribution < -0.4 is 5.73 Å². The van der Waals surface area contributed by atoms with Crippen molar-refractivity contribution in [3.63, 3.8) is 0 Å². The number of anilines is 1. The molecule has 2 aromatic heterocycles. The summed E-state index contributed by atoms with van der Waals surface area (Å²) in [6.07, 6.45) is 3.31. The van der Waals surface area contributed by atoms with E-state index in [0.29, 0.717) is 11.4 Å². The zero-order valence-electron chi connectivity index (χ0n) is 10.5. The van der Waals surface area contributed by atoms with Gasteiger partial charge in [-0.3, -0.25) is 0 Å². The molecule has 0 spiro atoms. The molecule has 0 saturated carbocycles. The molecule has 6 nitrogen and oxygen atoms in total. The van der Waals surface area contributed by atoms with Crippen molar-refractivity contribution in [2.45, 2.75) is 6.92 Å². The SMILES string of the molecule is Cc1cnc(-c2noc(-c3ccc(N)c(F)c3)n2)nc1. The van der Waals surface area contributed by atoms with Crippen LogP contribution in [0.5, 0.6) is 0 Å². The van der Waals surface area contributed by atoms with Gasteiger partial charge in [0.15, 0.2) is 0 Å². The number of rotatable bonds is 2. The smallest absolute Gasteiger partial charge is 0.258 e. The average Bonchev–Trinajstić information content (AvgIpc) is 2.92. The molecule has 7 heteroatoms. The summed E-state index contributed by atoms with van der Waals surface area (Å²) in [6, 6.07) is 4.28. The van der Waals surface area contributed by atoms with Gasteiger partial charge in [0, 0.05) is 18.0 Å². The Kier molecular flexibility index (Phi) is 2.86. The summed E-state index contributed by atoms with van der Waals surface area (Å²) in [6.45, 7) is 1.88. The van der Waals surface area contributed by atoms with Gasteiger partial charge in [0.2, 0.25) is 11.6 Å². The fourth-order valence-corrected chi connectivity index (χ4v) is 1.60. The van der Waals surface area contributed by atoms with Crippen LogP contribution in [-0.4, -0.2) is 20.1 Å². The summed E-state index contributed by atoms with van der Waals surface area (Å²) in [4.78, 5) is 12.3. The standard InChI is InChI=1S/C13H10FN5O/c1-7-5-16-11(17-6-7)12-18-13(20-19-12)8-2-3-10(15)9(14)4-8/h2-6H,15H2,1H3. The van der Waals surface area contributed by atoms with Crippen LogP contribution in [0, 0.1) is 12.7 Å². The highest BCUT2D eigenvalue weighted by molar-refractivity contribution is 5.59. The number of hydrogen-bond acceptors (Lipinski definition) is 6. The Labute approximate surface area is 113 Å². The lowest BCUT2D eigenvalue weighted by Crippen LogP contribution is -1.92. The Morgan fingerprint density at radius 3 is 2.60 bits per heavy atom. The average molecular weight is 271 g/mol. The molecule has 3 rings (SSSR count). The van der Waals surface area contributed by atoms with Crippen LogP contribution in [0.2, 0.25) is 0 Å². The van der Waals surface area contributed by atoms with E-state index in [2.05, 4.69) is 20.1 Å². The lowest BCUT2D eigenvalue weighted by molar-refractivity contribution is 0.431. The van der Waals surface area contributed by atoms with Gasteiger partial charge < -0.3 is 10.3 Å². The minimum absolute atomic E-state index is 0.0651. The van der Waals surface area contributed by atoms with Crippen molar-refractivity contribution in [1.82, 2.24) is 20.1 Å². The number of nitrogens with two attached hydrogens (primary N) is 1. The summed E-state index contributed by atoms with van der Waals surface area (Å²) in [7, 11) is 0. The van der Waals surface area contributed by atoms with Crippen molar-refractivity contribution >= 4 is 5.69 Å². The maximum atomic E-state index is 13.4. The second-order valence-corrected chi connectivity index (χ2v) is 4.24. The van der Waals surface area contributed by atoms with Gasteiger partial charge in [-0.2, -0.15) is 4.98 Å². The van der Waals surface area contributed by atoms with Crippen LogP contribution in [-0.2, 0) is 0 Å². The molecule has 0 amide bonds. The Bertz CT molecular complexity index is 754. The zero-order chi connectivity index (χ0) is 14.1. The molecule has 0 bridgehead atoms. The number of benzene rings is 1. The third-order valence-corrected chi connectivity index (χ3v) is 2.65. The number of nitrogens with zero attached hydrogens (tertiary/aromatic N) is 4. The van der Waals surface area contributed by atoms with Crippen LogP contribution in [0.15, 0.2) is 35.1 Å². The first kappa shape index (κ1) is 12.2. The number of hydrogen-bond donors (Lipinski definition) is 1. The van der Waals surface area contributed by atoms with Gasteiger partial charge in [0.25, 0.3) is 5.89 Å². The molecule has 20 heavy (non-hydrogen) atoms. The van der Waals surface area contributed by atoms with E-state index in [-0.39, 0.29) is 17.4 Å². The van der Waals surface area contributed by atoms with E-state index in [1.807, 2.05) is 6.92 Å².